The second-order valence-corrected chi connectivity index (χ2v) is 11.3. The van der Waals surface area contributed by atoms with Crippen LogP contribution in [-0.4, -0.2) is 37.2 Å². The zero-order valence-corrected chi connectivity index (χ0v) is 23.6. The predicted octanol–water partition coefficient (Wildman–Crippen LogP) is 7.87. The number of benzene rings is 2. The van der Waals surface area contributed by atoms with Crippen molar-refractivity contribution in [1.82, 2.24) is 4.90 Å². The molecule has 4 nitrogen and oxygen atoms in total. The second-order valence-electron chi connectivity index (χ2n) is 11.3. The van der Waals surface area contributed by atoms with Crippen molar-refractivity contribution in [3.8, 4) is 5.75 Å². The van der Waals surface area contributed by atoms with Crippen molar-refractivity contribution < 1.29 is 14.3 Å². The van der Waals surface area contributed by atoms with Gasteiger partial charge in [0.1, 0.15) is 5.75 Å². The van der Waals surface area contributed by atoms with Crippen molar-refractivity contribution in [3.05, 3.63) is 42.0 Å². The summed E-state index contributed by atoms with van der Waals surface area (Å²) >= 11 is 0. The quantitative estimate of drug-likeness (QED) is 0.396. The van der Waals surface area contributed by atoms with Crippen LogP contribution >= 0.6 is 0 Å². The molecule has 4 heteroatoms. The van der Waals surface area contributed by atoms with Gasteiger partial charge in [0.2, 0.25) is 0 Å². The lowest BCUT2D eigenvalue weighted by atomic mass is 9.97. The summed E-state index contributed by atoms with van der Waals surface area (Å²) in [6, 6.07) is 13.3. The molecule has 2 aromatic rings. The average molecular weight is 496 g/mol. The highest BCUT2D eigenvalue weighted by Gasteiger charge is 2.43. The first-order valence-electron chi connectivity index (χ1n) is 14.4. The van der Waals surface area contributed by atoms with E-state index < -0.39 is 0 Å². The van der Waals surface area contributed by atoms with Crippen LogP contribution in [0.15, 0.2) is 36.4 Å². The molecule has 0 N–H and O–H groups in total. The van der Waals surface area contributed by atoms with Gasteiger partial charge < -0.3 is 9.47 Å². The van der Waals surface area contributed by atoms with Crippen molar-refractivity contribution >= 4 is 16.7 Å². The Hall–Kier alpha value is -2.07. The van der Waals surface area contributed by atoms with Gasteiger partial charge in [0, 0.05) is 25.0 Å². The van der Waals surface area contributed by atoms with Crippen LogP contribution in [0.2, 0.25) is 0 Å². The van der Waals surface area contributed by atoms with Crippen molar-refractivity contribution in [2.24, 2.45) is 23.7 Å². The van der Waals surface area contributed by atoms with Gasteiger partial charge in [0.15, 0.2) is 0 Å². The molecule has 3 fully saturated rings. The molecule has 36 heavy (non-hydrogen) atoms. The molecule has 0 radical (unpaired) electrons. The summed E-state index contributed by atoms with van der Waals surface area (Å²) in [5, 5.41) is 2.50. The predicted molar refractivity (Wildman–Crippen MR) is 150 cm³/mol. The van der Waals surface area contributed by atoms with Gasteiger partial charge in [0.25, 0.3) is 0 Å². The van der Waals surface area contributed by atoms with E-state index in [1.54, 1.807) is 0 Å². The van der Waals surface area contributed by atoms with E-state index in [0.29, 0.717) is 17.9 Å². The van der Waals surface area contributed by atoms with Crippen molar-refractivity contribution in [2.75, 3.05) is 20.2 Å². The normalized spacial score (nSPS) is 23.9. The molecule has 1 aliphatic heterocycles. The van der Waals surface area contributed by atoms with Gasteiger partial charge in [-0.1, -0.05) is 65.3 Å². The Bertz CT molecular complexity index is 933. The van der Waals surface area contributed by atoms with Gasteiger partial charge in [-0.3, -0.25) is 9.69 Å². The Kier molecular flexibility index (Phi) is 11.1. The maximum absolute atomic E-state index is 11.8. The Morgan fingerprint density at radius 3 is 2.22 bits per heavy atom. The Morgan fingerprint density at radius 1 is 0.972 bits per heavy atom. The SMILES string of the molecule is CC.CC(C)C.COC(=O)C1CC2CN(Cc3ccc4c(OC5CCCCC5)cccc4c3)CC2C1. The van der Waals surface area contributed by atoms with Gasteiger partial charge in [-0.05, 0) is 79.4 Å². The summed E-state index contributed by atoms with van der Waals surface area (Å²) < 4.78 is 11.3. The van der Waals surface area contributed by atoms with Crippen LogP contribution in [0.25, 0.3) is 10.8 Å². The number of hydrogen-bond acceptors (Lipinski definition) is 4. The molecule has 2 saturated carbocycles. The molecule has 5 rings (SSSR count). The largest absolute Gasteiger partial charge is 0.490 e. The Balaban J connectivity index is 0.000000550. The van der Waals surface area contributed by atoms with Gasteiger partial charge >= 0.3 is 5.97 Å². The minimum Gasteiger partial charge on any atom is -0.490 e. The molecule has 2 unspecified atom stereocenters. The monoisotopic (exact) mass is 495 g/mol. The third-order valence-corrected chi connectivity index (χ3v) is 7.52. The van der Waals surface area contributed by atoms with E-state index in [0.717, 1.165) is 44.1 Å². The summed E-state index contributed by atoms with van der Waals surface area (Å²) in [6.07, 6.45) is 8.66. The summed E-state index contributed by atoms with van der Waals surface area (Å²) in [7, 11) is 1.51. The van der Waals surface area contributed by atoms with E-state index in [1.807, 2.05) is 13.8 Å². The maximum atomic E-state index is 11.8. The molecule has 2 aliphatic carbocycles. The highest BCUT2D eigenvalue weighted by Crippen LogP contribution is 2.42. The molecule has 0 bridgehead atoms. The zero-order valence-electron chi connectivity index (χ0n) is 23.6. The number of likely N-dealkylation sites (tertiary alicyclic amines) is 1. The van der Waals surface area contributed by atoms with Crippen molar-refractivity contribution in [3.63, 3.8) is 0 Å². The molecule has 1 heterocycles. The average Bonchev–Trinajstić information content (AvgIpc) is 3.44. The van der Waals surface area contributed by atoms with Crippen LogP contribution in [0.5, 0.6) is 5.75 Å². The molecule has 1 saturated heterocycles. The summed E-state index contributed by atoms with van der Waals surface area (Å²) in [5.41, 5.74) is 1.36. The first-order valence-corrected chi connectivity index (χ1v) is 14.4. The fraction of sp³-hybridized carbons (Fsp3) is 0.656. The van der Waals surface area contributed by atoms with Crippen LogP contribution in [-0.2, 0) is 16.1 Å². The van der Waals surface area contributed by atoms with Crippen LogP contribution in [0.1, 0.15) is 85.1 Å². The second kappa shape index (κ2) is 14.0. The fourth-order valence-electron chi connectivity index (χ4n) is 6.01. The van der Waals surface area contributed by atoms with Gasteiger partial charge in [0.05, 0.1) is 19.1 Å². The van der Waals surface area contributed by atoms with Crippen LogP contribution in [0.4, 0.5) is 0 Å². The summed E-state index contributed by atoms with van der Waals surface area (Å²) in [4.78, 5) is 14.4. The van der Waals surface area contributed by atoms with E-state index in [2.05, 4.69) is 62.1 Å². The highest BCUT2D eigenvalue weighted by atomic mass is 16.5. The molecule has 3 aliphatic rings. The number of fused-ring (bicyclic) bond motifs is 2. The van der Waals surface area contributed by atoms with Crippen LogP contribution < -0.4 is 4.74 Å². The number of rotatable bonds is 5. The number of carbonyl (C=O) groups excluding carboxylic acids is 1. The van der Waals surface area contributed by atoms with Crippen LogP contribution in [0, 0.1) is 23.7 Å². The van der Waals surface area contributed by atoms with E-state index in [1.165, 1.54) is 55.5 Å². The smallest absolute Gasteiger partial charge is 0.308 e. The number of nitrogens with zero attached hydrogens (tertiary/aromatic N) is 1. The summed E-state index contributed by atoms with van der Waals surface area (Å²) in [6.45, 7) is 13.7. The number of methoxy groups -OCH3 is 1. The maximum Gasteiger partial charge on any atom is 0.308 e. The molecule has 2 atom stereocenters. The minimum atomic E-state index is -0.0169. The lowest BCUT2D eigenvalue weighted by Gasteiger charge is -2.24. The van der Waals surface area contributed by atoms with Gasteiger partial charge in [-0.2, -0.15) is 0 Å². The molecular weight excluding hydrogens is 446 g/mol. The first-order chi connectivity index (χ1) is 17.4. The topological polar surface area (TPSA) is 38.8 Å². The van der Waals surface area contributed by atoms with Crippen LogP contribution in [0.3, 0.4) is 0 Å². The van der Waals surface area contributed by atoms with E-state index in [9.17, 15) is 4.79 Å². The molecule has 200 valence electrons. The summed E-state index contributed by atoms with van der Waals surface area (Å²) in [5.74, 6) is 3.26. The third-order valence-electron chi connectivity index (χ3n) is 7.52. The lowest BCUT2D eigenvalue weighted by Crippen LogP contribution is -2.23. The number of esters is 1. The third kappa shape index (κ3) is 7.71. The van der Waals surface area contributed by atoms with Gasteiger partial charge in [-0.25, -0.2) is 0 Å². The highest BCUT2D eigenvalue weighted by molar-refractivity contribution is 5.88. The van der Waals surface area contributed by atoms with Gasteiger partial charge in [-0.15, -0.1) is 0 Å². The molecule has 0 spiro atoms. The van der Waals surface area contributed by atoms with E-state index in [-0.39, 0.29) is 11.9 Å². The van der Waals surface area contributed by atoms with Crippen molar-refractivity contribution in [2.45, 2.75) is 92.2 Å². The Morgan fingerprint density at radius 2 is 1.61 bits per heavy atom. The molecule has 0 aromatic heterocycles. The Labute approximate surface area is 219 Å². The van der Waals surface area contributed by atoms with E-state index >= 15 is 0 Å². The number of hydrogen-bond donors (Lipinski definition) is 0. The fourth-order valence-corrected chi connectivity index (χ4v) is 6.01. The number of ether oxygens (including phenoxy) is 2. The standard InChI is InChI=1S/C26H33NO3.C4H10.C2H6/c1-29-26(28)20-13-21-16-27(17-22(21)14-20)15-18-10-11-24-19(12-18)6-5-9-25(24)30-23-7-3-2-4-8-23;1-4(2)3;1-2/h5-6,9-12,20-23H,2-4,7-8,13-17H2,1H3;4H,1-3H3;1-2H3. The first kappa shape index (κ1) is 28.5. The molecule has 2 aromatic carbocycles. The molecule has 0 amide bonds. The lowest BCUT2D eigenvalue weighted by molar-refractivity contribution is -0.145. The van der Waals surface area contributed by atoms with Crippen molar-refractivity contribution in [1.29, 1.82) is 0 Å². The molecular formula is C32H49NO3. The zero-order chi connectivity index (χ0) is 26.1. The minimum absolute atomic E-state index is 0.0169. The number of carbonyl (C=O) groups is 1. The van der Waals surface area contributed by atoms with E-state index in [4.69, 9.17) is 9.47 Å².